The number of urea groups is 1. The fourth-order valence-electron chi connectivity index (χ4n) is 3.29. The van der Waals surface area contributed by atoms with Crippen molar-refractivity contribution in [2.75, 3.05) is 66.0 Å². The zero-order valence-corrected chi connectivity index (χ0v) is 16.3. The van der Waals surface area contributed by atoms with Crippen molar-refractivity contribution in [1.82, 2.24) is 25.3 Å². The van der Waals surface area contributed by atoms with Crippen molar-refractivity contribution in [2.24, 2.45) is 4.99 Å². The number of benzene rings is 1. The second-order valence-electron chi connectivity index (χ2n) is 6.67. The number of hydrogen-bond acceptors (Lipinski definition) is 5. The van der Waals surface area contributed by atoms with Gasteiger partial charge >= 0.3 is 6.03 Å². The number of carbonyl (C=O) groups is 2. The van der Waals surface area contributed by atoms with Gasteiger partial charge in [-0.2, -0.15) is 0 Å². The quantitative estimate of drug-likeness (QED) is 0.382. The third-order valence-corrected chi connectivity index (χ3v) is 4.86. The number of aliphatic imine (C=N–C) groups is 1. The number of ether oxygens (including phenoxy) is 1. The van der Waals surface area contributed by atoms with Crippen LogP contribution in [0.4, 0.5) is 4.79 Å². The van der Waals surface area contributed by atoms with Crippen LogP contribution in [-0.4, -0.2) is 98.6 Å². The van der Waals surface area contributed by atoms with E-state index in [9.17, 15) is 9.59 Å². The van der Waals surface area contributed by atoms with Crippen LogP contribution in [-0.2, 0) is 4.79 Å². The van der Waals surface area contributed by atoms with E-state index in [1.54, 1.807) is 7.05 Å². The fourth-order valence-corrected chi connectivity index (χ4v) is 3.29. The summed E-state index contributed by atoms with van der Waals surface area (Å²) < 4.78 is 5.77. The Morgan fingerprint density at radius 2 is 1.89 bits per heavy atom. The van der Waals surface area contributed by atoms with E-state index in [1.165, 1.54) is 4.90 Å². The average Bonchev–Trinajstić information content (AvgIpc) is 3.05. The van der Waals surface area contributed by atoms with Gasteiger partial charge in [0.25, 0.3) is 0 Å². The van der Waals surface area contributed by atoms with Crippen molar-refractivity contribution < 1.29 is 14.3 Å². The highest BCUT2D eigenvalue weighted by Gasteiger charge is 2.28. The van der Waals surface area contributed by atoms with Gasteiger partial charge in [-0.3, -0.25) is 19.6 Å². The minimum Gasteiger partial charge on any atom is -0.492 e. The number of nitrogens with one attached hydrogen (secondary N) is 2. The van der Waals surface area contributed by atoms with Crippen LogP contribution in [0.5, 0.6) is 5.75 Å². The number of guanidine groups is 1. The lowest BCUT2D eigenvalue weighted by Crippen LogP contribution is -2.53. The molecule has 0 spiro atoms. The maximum Gasteiger partial charge on any atom is 0.324 e. The molecule has 1 aromatic rings. The summed E-state index contributed by atoms with van der Waals surface area (Å²) in [5.74, 6) is 1.51. The Bertz CT molecular complexity index is 672. The zero-order chi connectivity index (χ0) is 19.8. The Hall–Kier alpha value is -2.81. The van der Waals surface area contributed by atoms with E-state index in [-0.39, 0.29) is 18.5 Å². The summed E-state index contributed by atoms with van der Waals surface area (Å²) in [4.78, 5) is 33.3. The smallest absolute Gasteiger partial charge is 0.324 e. The molecule has 0 unspecified atom stereocenters. The van der Waals surface area contributed by atoms with Gasteiger partial charge in [-0.1, -0.05) is 18.2 Å². The molecule has 3 amide bonds. The molecule has 0 saturated carbocycles. The number of nitrogens with zero attached hydrogens (tertiary/aromatic N) is 4. The second-order valence-corrected chi connectivity index (χ2v) is 6.67. The summed E-state index contributed by atoms with van der Waals surface area (Å²) in [6.45, 7) is 6.07. The van der Waals surface area contributed by atoms with Gasteiger partial charge in [0.05, 0.1) is 6.54 Å². The highest BCUT2D eigenvalue weighted by molar-refractivity contribution is 6.01. The maximum atomic E-state index is 11.6. The second kappa shape index (κ2) is 9.93. The highest BCUT2D eigenvalue weighted by atomic mass is 16.5. The highest BCUT2D eigenvalue weighted by Crippen LogP contribution is 2.09. The fraction of sp³-hybridized carbons (Fsp3) is 0.526. The van der Waals surface area contributed by atoms with Crippen LogP contribution >= 0.6 is 0 Å². The van der Waals surface area contributed by atoms with Gasteiger partial charge in [-0.15, -0.1) is 0 Å². The van der Waals surface area contributed by atoms with Crippen molar-refractivity contribution >= 4 is 17.9 Å². The average molecular weight is 388 g/mol. The number of para-hydroxylation sites is 1. The van der Waals surface area contributed by atoms with Crippen LogP contribution in [0.3, 0.4) is 0 Å². The Balaban J connectivity index is 1.34. The van der Waals surface area contributed by atoms with Crippen molar-refractivity contribution in [3.05, 3.63) is 30.3 Å². The molecule has 0 aromatic heterocycles. The van der Waals surface area contributed by atoms with Crippen molar-refractivity contribution in [1.29, 1.82) is 0 Å². The Kier molecular flexibility index (Phi) is 7.07. The molecule has 2 N–H and O–H groups in total. The van der Waals surface area contributed by atoms with Gasteiger partial charge in [-0.25, -0.2) is 4.79 Å². The van der Waals surface area contributed by atoms with Crippen LogP contribution in [0, 0.1) is 0 Å². The van der Waals surface area contributed by atoms with Crippen LogP contribution in [0.15, 0.2) is 35.3 Å². The number of carbonyl (C=O) groups excluding carboxylic acids is 2. The molecule has 0 bridgehead atoms. The van der Waals surface area contributed by atoms with Crippen molar-refractivity contribution in [3.63, 3.8) is 0 Å². The molecule has 0 atom stereocenters. The molecule has 152 valence electrons. The largest absolute Gasteiger partial charge is 0.492 e. The number of rotatable bonds is 7. The zero-order valence-electron chi connectivity index (χ0n) is 16.3. The predicted octanol–water partition coefficient (Wildman–Crippen LogP) is -0.190. The molecule has 2 aliphatic rings. The molecule has 1 aromatic carbocycles. The van der Waals surface area contributed by atoms with Crippen LogP contribution < -0.4 is 15.4 Å². The van der Waals surface area contributed by atoms with E-state index in [0.29, 0.717) is 19.7 Å². The van der Waals surface area contributed by atoms with Crippen LogP contribution in [0.25, 0.3) is 0 Å². The molecule has 3 rings (SSSR count). The van der Waals surface area contributed by atoms with Gasteiger partial charge in [0.2, 0.25) is 5.91 Å². The van der Waals surface area contributed by atoms with E-state index in [4.69, 9.17) is 4.74 Å². The first-order valence-corrected chi connectivity index (χ1v) is 9.61. The van der Waals surface area contributed by atoms with Crippen molar-refractivity contribution in [2.45, 2.75) is 0 Å². The number of hydrogen-bond donors (Lipinski definition) is 2. The predicted molar refractivity (Wildman–Crippen MR) is 106 cm³/mol. The Labute approximate surface area is 165 Å². The van der Waals surface area contributed by atoms with E-state index in [1.807, 2.05) is 30.3 Å². The third-order valence-electron chi connectivity index (χ3n) is 4.86. The van der Waals surface area contributed by atoms with Crippen LogP contribution in [0.1, 0.15) is 0 Å². The molecule has 2 aliphatic heterocycles. The van der Waals surface area contributed by atoms with Crippen LogP contribution in [0.2, 0.25) is 0 Å². The molecule has 9 nitrogen and oxygen atoms in total. The van der Waals surface area contributed by atoms with E-state index in [2.05, 4.69) is 25.4 Å². The summed E-state index contributed by atoms with van der Waals surface area (Å²) in [6, 6.07) is 9.52. The summed E-state index contributed by atoms with van der Waals surface area (Å²) in [6.07, 6.45) is 0. The normalized spacial score (nSPS) is 18.4. The minimum atomic E-state index is -0.326. The summed E-state index contributed by atoms with van der Waals surface area (Å²) >= 11 is 0. The molecule has 2 saturated heterocycles. The third kappa shape index (κ3) is 5.35. The van der Waals surface area contributed by atoms with Gasteiger partial charge in [-0.05, 0) is 12.1 Å². The Morgan fingerprint density at radius 1 is 1.14 bits per heavy atom. The van der Waals surface area contributed by atoms with E-state index in [0.717, 1.165) is 44.4 Å². The topological polar surface area (TPSA) is 89.5 Å². The molecular weight excluding hydrogens is 360 g/mol. The minimum absolute atomic E-state index is 0.0868. The SMILES string of the molecule is CN=C(NCCN1C(=O)CNC1=O)N1CCN(CCOc2ccccc2)CC1. The van der Waals surface area contributed by atoms with Crippen molar-refractivity contribution in [3.8, 4) is 5.75 Å². The molecular formula is C19H28N6O3. The molecule has 0 radical (unpaired) electrons. The van der Waals surface area contributed by atoms with Gasteiger partial charge in [0, 0.05) is 52.9 Å². The van der Waals surface area contributed by atoms with Gasteiger partial charge < -0.3 is 20.3 Å². The number of piperazine rings is 1. The summed E-state index contributed by atoms with van der Waals surface area (Å²) in [5, 5.41) is 5.77. The molecule has 2 fully saturated rings. The summed E-state index contributed by atoms with van der Waals surface area (Å²) in [5.41, 5.74) is 0. The molecule has 0 aliphatic carbocycles. The lowest BCUT2D eigenvalue weighted by Gasteiger charge is -2.36. The summed E-state index contributed by atoms with van der Waals surface area (Å²) in [7, 11) is 1.75. The first-order chi connectivity index (χ1) is 13.7. The van der Waals surface area contributed by atoms with E-state index < -0.39 is 0 Å². The monoisotopic (exact) mass is 388 g/mol. The first kappa shape index (κ1) is 19.9. The Morgan fingerprint density at radius 3 is 2.54 bits per heavy atom. The van der Waals surface area contributed by atoms with E-state index >= 15 is 0 Å². The number of imide groups is 1. The lowest BCUT2D eigenvalue weighted by atomic mass is 10.3. The molecule has 2 heterocycles. The van der Waals surface area contributed by atoms with Gasteiger partial charge in [0.15, 0.2) is 5.96 Å². The first-order valence-electron chi connectivity index (χ1n) is 9.61. The number of amides is 3. The van der Waals surface area contributed by atoms with Gasteiger partial charge in [0.1, 0.15) is 12.4 Å². The molecule has 28 heavy (non-hydrogen) atoms. The molecule has 9 heteroatoms. The standard InChI is InChI=1S/C19H28N6O3/c1-20-18(21-7-8-25-17(26)15-22-19(25)27)24-11-9-23(10-12-24)13-14-28-16-5-3-2-4-6-16/h2-6H,7-15H2,1H3,(H,20,21)(H,22,27). The lowest BCUT2D eigenvalue weighted by molar-refractivity contribution is -0.124. The maximum absolute atomic E-state index is 11.6.